The Kier molecular flexibility index (Phi) is 11.5. The fraction of sp³-hybridized carbons (Fsp3) is 0.674. The number of rotatable bonds is 12. The number of hydrogen-bond donors (Lipinski definition) is 3. The number of fused-ring (bicyclic) bond motifs is 1. The number of ether oxygens (including phenoxy) is 1. The van der Waals surface area contributed by atoms with Crippen LogP contribution in [0.25, 0.3) is 0 Å². The van der Waals surface area contributed by atoms with Gasteiger partial charge in [-0.25, -0.2) is 0 Å². The lowest BCUT2D eigenvalue weighted by Gasteiger charge is -2.50. The van der Waals surface area contributed by atoms with E-state index in [-0.39, 0.29) is 68.5 Å². The maximum absolute atomic E-state index is 14.7. The monoisotopic (exact) mass is 762 g/mol. The highest BCUT2D eigenvalue weighted by Gasteiger charge is 2.61. The van der Waals surface area contributed by atoms with Crippen LogP contribution >= 0.6 is 0 Å². The third-order valence-corrected chi connectivity index (χ3v) is 13.0. The number of Topliss-reactive ketones (excluding diaryl/α,β-unsaturated/α-hetero) is 5. The maximum Gasteiger partial charge on any atom is 0.175 e. The van der Waals surface area contributed by atoms with Crippen molar-refractivity contribution in [2.24, 2.45) is 45.3 Å². The van der Waals surface area contributed by atoms with Gasteiger partial charge in [0.25, 0.3) is 0 Å². The molecule has 0 amide bonds. The molecule has 3 unspecified atom stereocenters. The summed E-state index contributed by atoms with van der Waals surface area (Å²) < 4.78 is 6.62. The van der Waals surface area contributed by atoms with Crippen LogP contribution in [0.2, 0.25) is 0 Å². The van der Waals surface area contributed by atoms with Crippen LogP contribution in [0.1, 0.15) is 170 Å². The van der Waals surface area contributed by atoms with Gasteiger partial charge in [-0.15, -0.1) is 0 Å². The lowest BCUT2D eigenvalue weighted by molar-refractivity contribution is -0.146. The Balaban J connectivity index is 2.34. The molecule has 9 heteroatoms. The van der Waals surface area contributed by atoms with Gasteiger partial charge in [0.05, 0.1) is 21.7 Å². The number of phenolic OH excluding ortho intramolecular Hbond substituents is 2. The summed E-state index contributed by atoms with van der Waals surface area (Å²) in [6.07, 6.45) is 2.53. The second-order valence-electron chi connectivity index (χ2n) is 19.6. The highest BCUT2D eigenvalue weighted by molar-refractivity contribution is 6.21. The van der Waals surface area contributed by atoms with Crippen LogP contribution in [0.4, 0.5) is 0 Å². The van der Waals surface area contributed by atoms with E-state index in [9.17, 15) is 39.3 Å². The van der Waals surface area contributed by atoms with E-state index in [1.165, 1.54) is 0 Å². The zero-order valence-electron chi connectivity index (χ0n) is 36.2. The molecule has 0 aromatic heterocycles. The first kappa shape index (κ1) is 44.0. The number of benzene rings is 1. The van der Waals surface area contributed by atoms with Gasteiger partial charge in [-0.05, 0) is 80.1 Å². The highest BCUT2D eigenvalue weighted by Crippen LogP contribution is 2.64. The molecule has 3 N–H and O–H groups in total. The van der Waals surface area contributed by atoms with Gasteiger partial charge in [0.15, 0.2) is 28.9 Å². The van der Waals surface area contributed by atoms with Crippen LogP contribution in [0, 0.1) is 45.3 Å². The summed E-state index contributed by atoms with van der Waals surface area (Å²) in [7, 11) is 0. The first-order valence-corrected chi connectivity index (χ1v) is 20.3. The lowest BCUT2D eigenvalue weighted by Crippen LogP contribution is -2.53. The number of unbranched alkanes of at least 4 members (excludes halogenated alkanes) is 1. The van der Waals surface area contributed by atoms with Gasteiger partial charge in [0, 0.05) is 45.4 Å². The van der Waals surface area contributed by atoms with Crippen molar-refractivity contribution < 1.29 is 44.0 Å². The molecule has 1 aliphatic heterocycles. The molecule has 0 spiro atoms. The first-order valence-electron chi connectivity index (χ1n) is 20.3. The topological polar surface area (TPSA) is 155 Å². The van der Waals surface area contributed by atoms with Crippen LogP contribution in [-0.4, -0.2) is 44.2 Å². The standard InChI is InChI=1S/C46H66O9/c1-17-19-21-46(20-18-2,30(23(5)6)28-37(51)43(11,12)40(53)44(13,14)38(28)52)31-33(48)26-25(22(3)4)27-36(50)42(9,10)41(54)45(15,16)39(27)55-35(26)29(34(31)49)32(47)24(7)8/h22-25,30,48-49,51H,17-21H2,1-16H3. The molecule has 3 atom stereocenters. The fourth-order valence-electron chi connectivity index (χ4n) is 10.3. The van der Waals surface area contributed by atoms with Gasteiger partial charge in [-0.2, -0.15) is 0 Å². The van der Waals surface area contributed by atoms with E-state index in [2.05, 4.69) is 0 Å². The molecule has 1 aromatic carbocycles. The number of aliphatic hydroxyl groups excluding tert-OH is 1. The third-order valence-electron chi connectivity index (χ3n) is 13.0. The summed E-state index contributed by atoms with van der Waals surface area (Å²) in [6.45, 7) is 28.0. The highest BCUT2D eigenvalue weighted by atomic mass is 16.5. The van der Waals surface area contributed by atoms with E-state index in [1.807, 2.05) is 41.5 Å². The molecular formula is C46H66O9. The number of aliphatic hydroxyl groups is 1. The van der Waals surface area contributed by atoms with Crippen LogP contribution in [0.3, 0.4) is 0 Å². The fourth-order valence-corrected chi connectivity index (χ4v) is 10.3. The van der Waals surface area contributed by atoms with Gasteiger partial charge in [0.2, 0.25) is 0 Å². The summed E-state index contributed by atoms with van der Waals surface area (Å²) in [5, 5.41) is 38.0. The minimum absolute atomic E-state index is 0.0704. The Bertz CT molecular complexity index is 1890. The van der Waals surface area contributed by atoms with E-state index in [1.54, 1.807) is 69.2 Å². The predicted molar refractivity (Wildman–Crippen MR) is 213 cm³/mol. The minimum Gasteiger partial charge on any atom is -0.511 e. The largest absolute Gasteiger partial charge is 0.511 e. The number of hydrogen-bond acceptors (Lipinski definition) is 9. The van der Waals surface area contributed by atoms with Crippen molar-refractivity contribution in [2.75, 3.05) is 0 Å². The van der Waals surface area contributed by atoms with Crippen LogP contribution in [0.5, 0.6) is 17.2 Å². The van der Waals surface area contributed by atoms with Gasteiger partial charge >= 0.3 is 0 Å². The Morgan fingerprint density at radius 2 is 1.25 bits per heavy atom. The number of aromatic hydroxyl groups is 2. The Morgan fingerprint density at radius 1 is 0.727 bits per heavy atom. The molecule has 0 saturated carbocycles. The van der Waals surface area contributed by atoms with Crippen LogP contribution < -0.4 is 4.74 Å². The van der Waals surface area contributed by atoms with Crippen molar-refractivity contribution in [3.63, 3.8) is 0 Å². The van der Waals surface area contributed by atoms with E-state index in [0.717, 1.165) is 6.42 Å². The Hall–Kier alpha value is -3.75. The smallest absolute Gasteiger partial charge is 0.175 e. The van der Waals surface area contributed by atoms with Crippen molar-refractivity contribution >= 4 is 28.9 Å². The molecule has 304 valence electrons. The Labute approximate surface area is 328 Å². The summed E-state index contributed by atoms with van der Waals surface area (Å²) >= 11 is 0. The number of carbonyl (C=O) groups is 5. The van der Waals surface area contributed by atoms with Crippen molar-refractivity contribution in [1.29, 1.82) is 0 Å². The molecule has 3 aliphatic rings. The zero-order chi connectivity index (χ0) is 42.3. The zero-order valence-corrected chi connectivity index (χ0v) is 36.2. The van der Waals surface area contributed by atoms with Crippen LogP contribution in [0.15, 0.2) is 22.7 Å². The van der Waals surface area contributed by atoms with Gasteiger partial charge in [0.1, 0.15) is 34.3 Å². The second-order valence-corrected chi connectivity index (χ2v) is 19.6. The van der Waals surface area contributed by atoms with Crippen molar-refractivity contribution in [1.82, 2.24) is 0 Å². The lowest BCUT2D eigenvalue weighted by atomic mass is 9.52. The van der Waals surface area contributed by atoms with Crippen LogP contribution in [-0.2, 0) is 24.6 Å². The van der Waals surface area contributed by atoms with E-state index in [4.69, 9.17) is 4.74 Å². The number of phenols is 2. The molecule has 1 aromatic rings. The third kappa shape index (κ3) is 6.21. The molecule has 9 nitrogen and oxygen atoms in total. The van der Waals surface area contributed by atoms with E-state index < -0.39 is 73.7 Å². The molecule has 1 heterocycles. The van der Waals surface area contributed by atoms with Crippen molar-refractivity contribution in [2.45, 2.75) is 154 Å². The minimum atomic E-state index is -1.47. The van der Waals surface area contributed by atoms with Crippen molar-refractivity contribution in [3.8, 4) is 17.2 Å². The summed E-state index contributed by atoms with van der Waals surface area (Å²) in [4.78, 5) is 71.4. The molecular weight excluding hydrogens is 696 g/mol. The SMILES string of the molecule is CCCCC(CCC)(c1c(O)c(C(=O)C(C)C)c2c(c1O)C(C(C)C)C1=C(O2)C(C)(C)C(=O)C(C)(C)C1=O)C(C1=C(O)C(C)(C)C(=O)C(C)(C)C1=O)C(C)C. The molecule has 4 rings (SSSR count). The summed E-state index contributed by atoms with van der Waals surface area (Å²) in [6, 6.07) is 0. The summed E-state index contributed by atoms with van der Waals surface area (Å²) in [5.74, 6) is -6.29. The molecule has 0 radical (unpaired) electrons. The van der Waals surface area contributed by atoms with Gasteiger partial charge in [-0.1, -0.05) is 74.7 Å². The molecule has 0 bridgehead atoms. The average Bonchev–Trinajstić information content (AvgIpc) is 3.08. The normalized spacial score (nSPS) is 23.2. The quantitative estimate of drug-likeness (QED) is 0.139. The number of ketones is 5. The molecule has 0 saturated heterocycles. The van der Waals surface area contributed by atoms with E-state index in [0.29, 0.717) is 25.7 Å². The number of carbonyl (C=O) groups excluding carboxylic acids is 5. The second kappa shape index (κ2) is 14.3. The number of allylic oxidation sites excluding steroid dienone is 4. The predicted octanol–water partition coefficient (Wildman–Crippen LogP) is 10.0. The molecule has 0 fully saturated rings. The van der Waals surface area contributed by atoms with Gasteiger partial charge < -0.3 is 20.1 Å². The van der Waals surface area contributed by atoms with E-state index >= 15 is 0 Å². The Morgan fingerprint density at radius 3 is 1.73 bits per heavy atom. The maximum atomic E-state index is 14.7. The molecule has 55 heavy (non-hydrogen) atoms. The summed E-state index contributed by atoms with van der Waals surface area (Å²) in [5.41, 5.74) is -6.38. The average molecular weight is 763 g/mol. The van der Waals surface area contributed by atoms with Crippen molar-refractivity contribution in [3.05, 3.63) is 39.4 Å². The molecule has 2 aliphatic carbocycles. The first-order chi connectivity index (χ1) is 25.1. The van der Waals surface area contributed by atoms with Gasteiger partial charge in [-0.3, -0.25) is 24.0 Å².